The molecule has 0 spiro atoms. The number of hydrogen-bond acceptors (Lipinski definition) is 1. The first-order valence-corrected chi connectivity index (χ1v) is 4.42. The van der Waals surface area contributed by atoms with Gasteiger partial charge in [0.15, 0.2) is 0 Å². The van der Waals surface area contributed by atoms with Crippen LogP contribution < -0.4 is 0 Å². The van der Waals surface area contributed by atoms with Gasteiger partial charge in [-0.15, -0.1) is 0 Å². The van der Waals surface area contributed by atoms with Crippen LogP contribution in [0.1, 0.15) is 15.9 Å². The molecule has 0 fully saturated rings. The zero-order valence-electron chi connectivity index (χ0n) is 8.40. The number of fused-ring (bicyclic) bond motifs is 1. The summed E-state index contributed by atoms with van der Waals surface area (Å²) < 4.78 is 0. The molecule has 2 nitrogen and oxygen atoms in total. The van der Waals surface area contributed by atoms with Crippen molar-refractivity contribution in [1.82, 2.24) is 0 Å². The lowest BCUT2D eigenvalue weighted by Crippen LogP contribution is -1.97. The molecule has 15 heavy (non-hydrogen) atoms. The fraction of sp³-hybridized carbons (Fsp3) is 0.0833. The average molecular weight is 213 g/mol. The van der Waals surface area contributed by atoms with E-state index >= 15 is 0 Å². The number of aryl methyl sites for hydroxylation is 1. The Bertz CT molecular complexity index is 506. The van der Waals surface area contributed by atoms with Gasteiger partial charge in [-0.05, 0) is 29.3 Å². The molecule has 3 radical (unpaired) electrons. The monoisotopic (exact) mass is 213 g/mol. The molecule has 0 saturated carbocycles. The maximum absolute atomic E-state index is 10.9. The molecule has 0 aromatic heterocycles. The van der Waals surface area contributed by atoms with Crippen molar-refractivity contribution in [2.75, 3.05) is 0 Å². The molecule has 0 saturated heterocycles. The summed E-state index contributed by atoms with van der Waals surface area (Å²) in [5.41, 5.74) is 1.47. The number of aromatic carboxylic acids is 1. The summed E-state index contributed by atoms with van der Waals surface area (Å²) in [6, 6.07) is 11.0. The van der Waals surface area contributed by atoms with Crippen LogP contribution in [-0.2, 0) is 0 Å². The molecule has 2 aromatic carbocycles. The summed E-state index contributed by atoms with van der Waals surface area (Å²) >= 11 is 0. The van der Waals surface area contributed by atoms with Crippen molar-refractivity contribution in [3.05, 3.63) is 47.5 Å². The largest absolute Gasteiger partial charge is 0.478 e. The van der Waals surface area contributed by atoms with Crippen molar-refractivity contribution < 1.29 is 9.90 Å². The van der Waals surface area contributed by atoms with Crippen LogP contribution in [0.25, 0.3) is 10.8 Å². The second-order valence-corrected chi connectivity index (χ2v) is 3.28. The lowest BCUT2D eigenvalue weighted by molar-refractivity contribution is 0.0699. The molecule has 73 valence electrons. The third-order valence-corrected chi connectivity index (χ3v) is 2.37. The molecular formula is C12H10AlO2. The predicted octanol–water partition coefficient (Wildman–Crippen LogP) is 2.47. The zero-order valence-corrected chi connectivity index (χ0v) is 9.55. The van der Waals surface area contributed by atoms with E-state index in [1.165, 1.54) is 0 Å². The van der Waals surface area contributed by atoms with Crippen LogP contribution in [-0.4, -0.2) is 28.4 Å². The van der Waals surface area contributed by atoms with Gasteiger partial charge in [0.05, 0.1) is 5.56 Å². The van der Waals surface area contributed by atoms with Crippen LogP contribution >= 0.6 is 0 Å². The normalized spacial score (nSPS) is 9.67. The van der Waals surface area contributed by atoms with Gasteiger partial charge in [0.1, 0.15) is 0 Å². The molecule has 0 atom stereocenters. The first-order chi connectivity index (χ1) is 6.70. The van der Waals surface area contributed by atoms with Crippen molar-refractivity contribution in [2.45, 2.75) is 6.92 Å². The number of benzene rings is 2. The summed E-state index contributed by atoms with van der Waals surface area (Å²) in [6.07, 6.45) is 0. The Kier molecular flexibility index (Phi) is 3.52. The summed E-state index contributed by atoms with van der Waals surface area (Å²) in [5, 5.41) is 10.8. The van der Waals surface area contributed by atoms with Crippen molar-refractivity contribution >= 4 is 34.1 Å². The third kappa shape index (κ3) is 2.04. The van der Waals surface area contributed by atoms with Gasteiger partial charge in [0.25, 0.3) is 0 Å². The molecule has 0 unspecified atom stereocenters. The maximum Gasteiger partial charge on any atom is 0.336 e. The van der Waals surface area contributed by atoms with Gasteiger partial charge in [0, 0.05) is 17.4 Å². The maximum atomic E-state index is 10.9. The van der Waals surface area contributed by atoms with Gasteiger partial charge in [-0.2, -0.15) is 0 Å². The van der Waals surface area contributed by atoms with Crippen LogP contribution in [0, 0.1) is 6.92 Å². The number of carbonyl (C=O) groups is 1. The van der Waals surface area contributed by atoms with E-state index < -0.39 is 5.97 Å². The summed E-state index contributed by atoms with van der Waals surface area (Å²) in [7, 11) is 0. The Labute approximate surface area is 98.7 Å². The molecule has 0 aliphatic carbocycles. The Morgan fingerprint density at radius 2 is 1.67 bits per heavy atom. The number of rotatable bonds is 1. The topological polar surface area (TPSA) is 37.3 Å². The van der Waals surface area contributed by atoms with E-state index in [0.717, 1.165) is 16.3 Å². The van der Waals surface area contributed by atoms with Crippen molar-refractivity contribution in [3.63, 3.8) is 0 Å². The van der Waals surface area contributed by atoms with E-state index in [1.54, 1.807) is 6.07 Å². The third-order valence-electron chi connectivity index (χ3n) is 2.37. The van der Waals surface area contributed by atoms with Gasteiger partial charge in [-0.1, -0.05) is 30.3 Å². The lowest BCUT2D eigenvalue weighted by Gasteiger charge is -2.04. The molecule has 0 bridgehead atoms. The summed E-state index contributed by atoms with van der Waals surface area (Å²) in [4.78, 5) is 10.9. The first kappa shape index (κ1) is 11.8. The van der Waals surface area contributed by atoms with Crippen LogP contribution in [0.4, 0.5) is 0 Å². The number of carboxylic acid groups (broad SMARTS) is 1. The number of hydrogen-bond donors (Lipinski definition) is 1. The van der Waals surface area contributed by atoms with Gasteiger partial charge < -0.3 is 5.11 Å². The molecule has 0 amide bonds. The molecule has 3 heteroatoms. The SMILES string of the molecule is Cc1ccc(C(=O)O)c2ccccc12.[Al]. The van der Waals surface area contributed by atoms with E-state index in [0.29, 0.717) is 5.56 Å². The smallest absolute Gasteiger partial charge is 0.336 e. The van der Waals surface area contributed by atoms with E-state index in [2.05, 4.69) is 0 Å². The quantitative estimate of drug-likeness (QED) is 0.739. The summed E-state index contributed by atoms with van der Waals surface area (Å²) in [6.45, 7) is 1.98. The Hall–Kier alpha value is -1.30. The second-order valence-electron chi connectivity index (χ2n) is 3.28. The van der Waals surface area contributed by atoms with Crippen molar-refractivity contribution in [3.8, 4) is 0 Å². The van der Waals surface area contributed by atoms with Crippen molar-refractivity contribution in [2.24, 2.45) is 0 Å². The fourth-order valence-corrected chi connectivity index (χ4v) is 1.64. The van der Waals surface area contributed by atoms with Crippen LogP contribution in [0.15, 0.2) is 36.4 Å². The molecule has 0 aliphatic heterocycles. The van der Waals surface area contributed by atoms with Gasteiger partial charge >= 0.3 is 5.97 Å². The first-order valence-electron chi connectivity index (χ1n) is 4.42. The van der Waals surface area contributed by atoms with Gasteiger partial charge in [-0.3, -0.25) is 0 Å². The minimum atomic E-state index is -0.874. The highest BCUT2D eigenvalue weighted by Gasteiger charge is 2.08. The minimum Gasteiger partial charge on any atom is -0.478 e. The highest BCUT2D eigenvalue weighted by molar-refractivity contribution is 6.04. The number of carboxylic acids is 1. The van der Waals surface area contributed by atoms with E-state index in [9.17, 15) is 4.79 Å². The van der Waals surface area contributed by atoms with E-state index in [1.807, 2.05) is 37.3 Å². The molecular weight excluding hydrogens is 203 g/mol. The molecule has 0 aliphatic rings. The van der Waals surface area contributed by atoms with Gasteiger partial charge in [-0.25, -0.2) is 4.79 Å². The average Bonchev–Trinajstić information content (AvgIpc) is 2.18. The van der Waals surface area contributed by atoms with Crippen LogP contribution in [0.2, 0.25) is 0 Å². The minimum absolute atomic E-state index is 0. The molecule has 2 aromatic rings. The van der Waals surface area contributed by atoms with Crippen LogP contribution in [0.5, 0.6) is 0 Å². The van der Waals surface area contributed by atoms with Crippen molar-refractivity contribution in [1.29, 1.82) is 0 Å². The Morgan fingerprint density at radius 3 is 2.27 bits per heavy atom. The Morgan fingerprint density at radius 1 is 1.07 bits per heavy atom. The molecule has 0 heterocycles. The Balaban J connectivity index is 0.00000112. The predicted molar refractivity (Wildman–Crippen MR) is 61.4 cm³/mol. The van der Waals surface area contributed by atoms with E-state index in [-0.39, 0.29) is 17.4 Å². The molecule has 1 N–H and O–H groups in total. The highest BCUT2D eigenvalue weighted by Crippen LogP contribution is 2.21. The standard InChI is InChI=1S/C12H10O2.Al/c1-8-6-7-11(12(13)14)10-5-3-2-4-9(8)10;/h2-7H,1H3,(H,13,14);. The summed E-state index contributed by atoms with van der Waals surface area (Å²) in [5.74, 6) is -0.874. The highest BCUT2D eigenvalue weighted by atomic mass is 27.0. The van der Waals surface area contributed by atoms with Gasteiger partial charge in [0.2, 0.25) is 0 Å². The fourth-order valence-electron chi connectivity index (χ4n) is 1.64. The van der Waals surface area contributed by atoms with Crippen LogP contribution in [0.3, 0.4) is 0 Å². The van der Waals surface area contributed by atoms with E-state index in [4.69, 9.17) is 5.11 Å². The second kappa shape index (κ2) is 4.48. The molecule has 2 rings (SSSR count). The lowest BCUT2D eigenvalue weighted by atomic mass is 10.0. The zero-order chi connectivity index (χ0) is 10.1.